The van der Waals surface area contributed by atoms with Crippen LogP contribution in [0, 0.1) is 11.8 Å². The third kappa shape index (κ3) is 5.40. The summed E-state index contributed by atoms with van der Waals surface area (Å²) >= 11 is 0. The lowest BCUT2D eigenvalue weighted by atomic mass is 9.93. The Bertz CT molecular complexity index is 109. The summed E-state index contributed by atoms with van der Waals surface area (Å²) in [5.41, 5.74) is 0. The molecule has 1 unspecified atom stereocenters. The zero-order valence-electron chi connectivity index (χ0n) is 9.14. The van der Waals surface area contributed by atoms with Gasteiger partial charge >= 0.3 is 0 Å². The summed E-state index contributed by atoms with van der Waals surface area (Å²) in [5.74, 6) is 1.73. The SMILES string of the molecule is CC=CC(C)CCC(CC)CC. The first kappa shape index (κ1) is 11.7. The molecule has 0 aliphatic carbocycles. The Morgan fingerprint density at radius 3 is 2.08 bits per heavy atom. The standard InChI is InChI=1S/C12H24/c1-5-8-11(4)9-10-12(6-2)7-3/h5,8,11-12H,6-7,9-10H2,1-4H3. The molecule has 0 heteroatoms. The van der Waals surface area contributed by atoms with Crippen molar-refractivity contribution in [3.05, 3.63) is 12.2 Å². The van der Waals surface area contributed by atoms with Gasteiger partial charge in [0.15, 0.2) is 0 Å². The van der Waals surface area contributed by atoms with Crippen LogP contribution in [0.2, 0.25) is 0 Å². The van der Waals surface area contributed by atoms with Crippen LogP contribution >= 0.6 is 0 Å². The summed E-state index contributed by atoms with van der Waals surface area (Å²) in [6, 6.07) is 0. The molecule has 0 saturated carbocycles. The zero-order valence-corrected chi connectivity index (χ0v) is 9.14. The van der Waals surface area contributed by atoms with Gasteiger partial charge in [-0.15, -0.1) is 0 Å². The maximum atomic E-state index is 2.31. The van der Waals surface area contributed by atoms with E-state index in [2.05, 4.69) is 39.8 Å². The van der Waals surface area contributed by atoms with Crippen molar-refractivity contribution in [3.8, 4) is 0 Å². The van der Waals surface area contributed by atoms with Gasteiger partial charge in [-0.3, -0.25) is 0 Å². The molecule has 0 bridgehead atoms. The first-order valence-electron chi connectivity index (χ1n) is 5.37. The molecule has 0 aliphatic heterocycles. The van der Waals surface area contributed by atoms with Gasteiger partial charge in [0, 0.05) is 0 Å². The highest BCUT2D eigenvalue weighted by Crippen LogP contribution is 2.18. The second-order valence-electron chi connectivity index (χ2n) is 3.76. The molecule has 12 heavy (non-hydrogen) atoms. The van der Waals surface area contributed by atoms with Crippen LogP contribution in [0.1, 0.15) is 53.4 Å². The van der Waals surface area contributed by atoms with E-state index in [4.69, 9.17) is 0 Å². The fourth-order valence-electron chi connectivity index (χ4n) is 1.62. The smallest absolute Gasteiger partial charge is 0.0262 e. The second-order valence-corrected chi connectivity index (χ2v) is 3.76. The second kappa shape index (κ2) is 7.39. The molecular formula is C12H24. The van der Waals surface area contributed by atoms with E-state index in [0.29, 0.717) is 0 Å². The highest BCUT2D eigenvalue weighted by molar-refractivity contribution is 4.82. The van der Waals surface area contributed by atoms with Gasteiger partial charge in [-0.05, 0) is 31.6 Å². The Labute approximate surface area is 78.1 Å². The molecule has 0 heterocycles. The molecule has 0 radical (unpaired) electrons. The van der Waals surface area contributed by atoms with Gasteiger partial charge in [-0.2, -0.15) is 0 Å². The maximum absolute atomic E-state index is 2.31. The Morgan fingerprint density at radius 1 is 1.08 bits per heavy atom. The number of allylic oxidation sites excluding steroid dienone is 2. The monoisotopic (exact) mass is 168 g/mol. The average Bonchev–Trinajstić information content (AvgIpc) is 2.07. The molecule has 0 fully saturated rings. The van der Waals surface area contributed by atoms with Crippen LogP contribution in [0.15, 0.2) is 12.2 Å². The molecule has 0 amide bonds. The molecule has 72 valence electrons. The van der Waals surface area contributed by atoms with Crippen LogP contribution in [0.5, 0.6) is 0 Å². The minimum atomic E-state index is 0.774. The Balaban J connectivity index is 3.51. The summed E-state index contributed by atoms with van der Waals surface area (Å²) in [4.78, 5) is 0. The van der Waals surface area contributed by atoms with Gasteiger partial charge in [-0.1, -0.05) is 45.8 Å². The van der Waals surface area contributed by atoms with Crippen molar-refractivity contribution < 1.29 is 0 Å². The first-order valence-corrected chi connectivity index (χ1v) is 5.37. The lowest BCUT2D eigenvalue weighted by molar-refractivity contribution is 0.416. The predicted molar refractivity (Wildman–Crippen MR) is 57.3 cm³/mol. The third-order valence-corrected chi connectivity index (χ3v) is 2.71. The van der Waals surface area contributed by atoms with Crippen LogP contribution in [0.4, 0.5) is 0 Å². The third-order valence-electron chi connectivity index (χ3n) is 2.71. The highest BCUT2D eigenvalue weighted by atomic mass is 14.1. The van der Waals surface area contributed by atoms with E-state index in [-0.39, 0.29) is 0 Å². The van der Waals surface area contributed by atoms with Gasteiger partial charge in [0.1, 0.15) is 0 Å². The molecule has 0 spiro atoms. The Kier molecular flexibility index (Phi) is 7.23. The Morgan fingerprint density at radius 2 is 1.67 bits per heavy atom. The number of hydrogen-bond acceptors (Lipinski definition) is 0. The summed E-state index contributed by atoms with van der Waals surface area (Å²) in [6.45, 7) is 9.01. The lowest BCUT2D eigenvalue weighted by Gasteiger charge is -2.13. The average molecular weight is 168 g/mol. The van der Waals surface area contributed by atoms with Crippen LogP contribution in [0.25, 0.3) is 0 Å². The van der Waals surface area contributed by atoms with Crippen LogP contribution in [-0.2, 0) is 0 Å². The molecule has 0 rings (SSSR count). The van der Waals surface area contributed by atoms with Crippen LogP contribution in [0.3, 0.4) is 0 Å². The van der Waals surface area contributed by atoms with Crippen molar-refractivity contribution in [1.82, 2.24) is 0 Å². The van der Waals surface area contributed by atoms with E-state index in [9.17, 15) is 0 Å². The summed E-state index contributed by atoms with van der Waals surface area (Å²) < 4.78 is 0. The van der Waals surface area contributed by atoms with E-state index < -0.39 is 0 Å². The normalized spacial score (nSPS) is 14.4. The van der Waals surface area contributed by atoms with Gasteiger partial charge in [0.05, 0.1) is 0 Å². The lowest BCUT2D eigenvalue weighted by Crippen LogP contribution is -1.99. The first-order chi connectivity index (χ1) is 5.74. The molecule has 0 saturated heterocycles. The van der Waals surface area contributed by atoms with Crippen LogP contribution < -0.4 is 0 Å². The molecule has 0 aromatic rings. The minimum Gasteiger partial charge on any atom is -0.0914 e. The van der Waals surface area contributed by atoms with E-state index in [1.54, 1.807) is 0 Å². The van der Waals surface area contributed by atoms with Crippen molar-refractivity contribution in [3.63, 3.8) is 0 Å². The van der Waals surface area contributed by atoms with Gasteiger partial charge in [0.2, 0.25) is 0 Å². The van der Waals surface area contributed by atoms with Crippen molar-refractivity contribution >= 4 is 0 Å². The number of hydrogen-bond donors (Lipinski definition) is 0. The van der Waals surface area contributed by atoms with Gasteiger partial charge < -0.3 is 0 Å². The van der Waals surface area contributed by atoms with Crippen molar-refractivity contribution in [1.29, 1.82) is 0 Å². The molecule has 0 aromatic carbocycles. The van der Waals surface area contributed by atoms with E-state index in [0.717, 1.165) is 11.8 Å². The fourth-order valence-corrected chi connectivity index (χ4v) is 1.62. The van der Waals surface area contributed by atoms with Crippen molar-refractivity contribution in [2.75, 3.05) is 0 Å². The van der Waals surface area contributed by atoms with E-state index >= 15 is 0 Å². The van der Waals surface area contributed by atoms with E-state index in [1.165, 1.54) is 25.7 Å². The molecular weight excluding hydrogens is 144 g/mol. The van der Waals surface area contributed by atoms with Crippen molar-refractivity contribution in [2.45, 2.75) is 53.4 Å². The highest BCUT2D eigenvalue weighted by Gasteiger charge is 2.04. The fraction of sp³-hybridized carbons (Fsp3) is 0.833. The predicted octanol–water partition coefficient (Wildman–Crippen LogP) is 4.42. The van der Waals surface area contributed by atoms with Gasteiger partial charge in [0.25, 0.3) is 0 Å². The molecule has 0 N–H and O–H groups in total. The van der Waals surface area contributed by atoms with Gasteiger partial charge in [-0.25, -0.2) is 0 Å². The summed E-state index contributed by atoms with van der Waals surface area (Å²) in [5, 5.41) is 0. The largest absolute Gasteiger partial charge is 0.0914 e. The van der Waals surface area contributed by atoms with Crippen LogP contribution in [-0.4, -0.2) is 0 Å². The topological polar surface area (TPSA) is 0 Å². The Hall–Kier alpha value is -0.260. The van der Waals surface area contributed by atoms with E-state index in [1.807, 2.05) is 0 Å². The molecule has 1 atom stereocenters. The van der Waals surface area contributed by atoms with Crippen molar-refractivity contribution in [2.24, 2.45) is 11.8 Å². The quantitative estimate of drug-likeness (QED) is 0.515. The molecule has 0 aromatic heterocycles. The minimum absolute atomic E-state index is 0.774. The molecule has 0 aliphatic rings. The summed E-state index contributed by atoms with van der Waals surface area (Å²) in [7, 11) is 0. The molecule has 0 nitrogen and oxygen atoms in total. The maximum Gasteiger partial charge on any atom is -0.0262 e. The zero-order chi connectivity index (χ0) is 9.40. The number of rotatable bonds is 6. The summed E-state index contributed by atoms with van der Waals surface area (Å²) in [6.07, 6.45) is 9.92.